The highest BCUT2D eigenvalue weighted by atomic mass is 32.2. The molecule has 2 rings (SSSR count). The summed E-state index contributed by atoms with van der Waals surface area (Å²) in [4.78, 5) is 21.7. The largest absolute Gasteiger partial charge is 0.507 e. The van der Waals surface area contributed by atoms with E-state index in [0.29, 0.717) is 5.56 Å². The molecule has 0 atom stereocenters. The maximum atomic E-state index is 12.2. The predicted octanol–water partition coefficient (Wildman–Crippen LogP) is 1.83. The SMILES string of the molecule is Cc1ccc(S(=O)(=O)N/N=C\c2cc([N+](=O)[O-])ccc2O)cc1[N+](=O)[O-]. The first kappa shape index (κ1) is 18.8. The molecule has 0 saturated carbocycles. The minimum absolute atomic E-state index is 0.0863. The van der Waals surface area contributed by atoms with E-state index in [1.807, 2.05) is 4.83 Å². The second kappa shape index (κ2) is 7.14. The summed E-state index contributed by atoms with van der Waals surface area (Å²) in [6.45, 7) is 1.46. The Balaban J connectivity index is 2.27. The molecule has 0 saturated heterocycles. The number of non-ortho nitro benzene ring substituents is 1. The molecule has 0 heterocycles. The Morgan fingerprint density at radius 2 is 1.81 bits per heavy atom. The van der Waals surface area contributed by atoms with Gasteiger partial charge in [0, 0.05) is 29.3 Å². The van der Waals surface area contributed by atoms with Gasteiger partial charge < -0.3 is 5.11 Å². The van der Waals surface area contributed by atoms with Crippen molar-refractivity contribution in [1.29, 1.82) is 0 Å². The molecule has 2 N–H and O–H groups in total. The molecule has 0 aliphatic carbocycles. The number of aromatic hydroxyl groups is 1. The van der Waals surface area contributed by atoms with Gasteiger partial charge in [-0.1, -0.05) is 6.07 Å². The van der Waals surface area contributed by atoms with Crippen LogP contribution >= 0.6 is 0 Å². The Hall–Kier alpha value is -3.54. The maximum absolute atomic E-state index is 12.2. The summed E-state index contributed by atoms with van der Waals surface area (Å²) in [6, 6.07) is 6.48. The van der Waals surface area contributed by atoms with E-state index in [0.717, 1.165) is 30.5 Å². The van der Waals surface area contributed by atoms with Gasteiger partial charge in [-0.15, -0.1) is 0 Å². The molecule has 136 valence electrons. The third-order valence-corrected chi connectivity index (χ3v) is 4.51. The zero-order chi connectivity index (χ0) is 19.5. The van der Waals surface area contributed by atoms with Gasteiger partial charge in [0.2, 0.25) is 0 Å². The van der Waals surface area contributed by atoms with Crippen molar-refractivity contribution < 1.29 is 23.4 Å². The van der Waals surface area contributed by atoms with Crippen molar-refractivity contribution in [2.75, 3.05) is 0 Å². The van der Waals surface area contributed by atoms with E-state index < -0.39 is 19.9 Å². The van der Waals surface area contributed by atoms with Crippen LogP contribution in [0.3, 0.4) is 0 Å². The minimum atomic E-state index is -4.21. The Morgan fingerprint density at radius 1 is 1.12 bits per heavy atom. The lowest BCUT2D eigenvalue weighted by Gasteiger charge is -2.05. The number of phenols is 1. The fourth-order valence-electron chi connectivity index (χ4n) is 1.93. The fourth-order valence-corrected chi connectivity index (χ4v) is 2.74. The topological polar surface area (TPSA) is 165 Å². The lowest BCUT2D eigenvalue weighted by Crippen LogP contribution is -2.18. The van der Waals surface area contributed by atoms with Crippen molar-refractivity contribution >= 4 is 27.6 Å². The lowest BCUT2D eigenvalue weighted by molar-refractivity contribution is -0.385. The molecule has 12 heteroatoms. The normalized spacial score (nSPS) is 11.4. The molecule has 0 aliphatic rings. The quantitative estimate of drug-likeness (QED) is 0.438. The molecule has 26 heavy (non-hydrogen) atoms. The van der Waals surface area contributed by atoms with Crippen molar-refractivity contribution in [3.8, 4) is 5.75 Å². The van der Waals surface area contributed by atoms with Gasteiger partial charge in [0.1, 0.15) is 5.75 Å². The van der Waals surface area contributed by atoms with Crippen LogP contribution in [-0.2, 0) is 10.0 Å². The van der Waals surface area contributed by atoms with Gasteiger partial charge in [-0.2, -0.15) is 13.5 Å². The van der Waals surface area contributed by atoms with Crippen molar-refractivity contribution in [3.63, 3.8) is 0 Å². The van der Waals surface area contributed by atoms with Crippen LogP contribution in [-0.4, -0.2) is 29.6 Å². The number of nitro groups is 2. The van der Waals surface area contributed by atoms with Gasteiger partial charge in [0.15, 0.2) is 0 Å². The van der Waals surface area contributed by atoms with Gasteiger partial charge in [-0.05, 0) is 19.1 Å². The second-order valence-electron chi connectivity index (χ2n) is 5.06. The molecule has 0 spiro atoms. The highest BCUT2D eigenvalue weighted by molar-refractivity contribution is 7.89. The molecule has 2 aromatic carbocycles. The molecule has 11 nitrogen and oxygen atoms in total. The number of aryl methyl sites for hydroxylation is 1. The standard InChI is InChI=1S/C14H12N4O7S/c1-9-2-4-12(7-13(9)18(22)23)26(24,25)16-15-8-10-6-11(17(20)21)3-5-14(10)19/h2-8,16,19H,1H3/b15-8-. The number of sulfonamides is 1. The molecule has 0 aliphatic heterocycles. The predicted molar refractivity (Wildman–Crippen MR) is 90.5 cm³/mol. The van der Waals surface area contributed by atoms with Crippen LogP contribution in [0.25, 0.3) is 0 Å². The average Bonchev–Trinajstić information content (AvgIpc) is 2.56. The average molecular weight is 380 g/mol. The number of rotatable bonds is 6. The van der Waals surface area contributed by atoms with Gasteiger partial charge in [0.05, 0.1) is 21.0 Å². The summed E-state index contributed by atoms with van der Waals surface area (Å²) < 4.78 is 24.3. The zero-order valence-electron chi connectivity index (χ0n) is 13.2. The molecule has 0 fully saturated rings. The monoisotopic (exact) mass is 380 g/mol. The number of phenolic OH excluding ortho intramolecular Hbond substituents is 1. The van der Waals surface area contributed by atoms with Crippen LogP contribution in [0.15, 0.2) is 46.4 Å². The number of nitrogens with one attached hydrogen (secondary N) is 1. The smallest absolute Gasteiger partial charge is 0.276 e. The molecule has 0 bridgehead atoms. The van der Waals surface area contributed by atoms with E-state index in [2.05, 4.69) is 5.10 Å². The Labute approximate surface area is 146 Å². The first-order valence-corrected chi connectivity index (χ1v) is 8.37. The van der Waals surface area contributed by atoms with E-state index >= 15 is 0 Å². The summed E-state index contributed by atoms with van der Waals surface area (Å²) in [6.07, 6.45) is 0.877. The van der Waals surface area contributed by atoms with Crippen LogP contribution in [0.4, 0.5) is 11.4 Å². The number of hydrogen-bond donors (Lipinski definition) is 2. The van der Waals surface area contributed by atoms with Crippen molar-refractivity contribution in [2.24, 2.45) is 5.10 Å². The van der Waals surface area contributed by atoms with Crippen molar-refractivity contribution in [3.05, 3.63) is 67.8 Å². The molecule has 0 aromatic heterocycles. The highest BCUT2D eigenvalue weighted by Crippen LogP contribution is 2.23. The third kappa shape index (κ3) is 4.10. The summed E-state index contributed by atoms with van der Waals surface area (Å²) in [7, 11) is -4.21. The van der Waals surface area contributed by atoms with E-state index in [1.165, 1.54) is 19.1 Å². The Kier molecular flexibility index (Phi) is 5.16. The van der Waals surface area contributed by atoms with Gasteiger partial charge in [0.25, 0.3) is 21.4 Å². The van der Waals surface area contributed by atoms with Crippen LogP contribution in [0, 0.1) is 27.2 Å². The summed E-state index contributed by atoms with van der Waals surface area (Å²) >= 11 is 0. The summed E-state index contributed by atoms with van der Waals surface area (Å²) in [5.74, 6) is -0.343. The Morgan fingerprint density at radius 3 is 2.42 bits per heavy atom. The fraction of sp³-hybridized carbons (Fsp3) is 0.0714. The third-order valence-electron chi connectivity index (χ3n) is 3.29. The van der Waals surface area contributed by atoms with Crippen LogP contribution in [0.2, 0.25) is 0 Å². The molecular weight excluding hydrogens is 368 g/mol. The molecule has 0 unspecified atom stereocenters. The summed E-state index contributed by atoms with van der Waals surface area (Å²) in [5, 5.41) is 34.7. The second-order valence-corrected chi connectivity index (χ2v) is 6.72. The van der Waals surface area contributed by atoms with Gasteiger partial charge in [-0.3, -0.25) is 20.2 Å². The maximum Gasteiger partial charge on any atom is 0.276 e. The molecule has 2 aromatic rings. The van der Waals surface area contributed by atoms with E-state index in [-0.39, 0.29) is 27.6 Å². The highest BCUT2D eigenvalue weighted by Gasteiger charge is 2.19. The number of hydrogen-bond acceptors (Lipinski definition) is 8. The number of hydrazone groups is 1. The summed E-state index contributed by atoms with van der Waals surface area (Å²) in [5.41, 5.74) is -0.481. The number of nitro benzene ring substituents is 2. The van der Waals surface area contributed by atoms with Crippen molar-refractivity contribution in [1.82, 2.24) is 4.83 Å². The molecule has 0 amide bonds. The molecular formula is C14H12N4O7S. The minimum Gasteiger partial charge on any atom is -0.507 e. The van der Waals surface area contributed by atoms with Crippen LogP contribution in [0.5, 0.6) is 5.75 Å². The number of nitrogens with zero attached hydrogens (tertiary/aromatic N) is 3. The zero-order valence-corrected chi connectivity index (χ0v) is 14.0. The van der Waals surface area contributed by atoms with Gasteiger partial charge >= 0.3 is 0 Å². The van der Waals surface area contributed by atoms with Gasteiger partial charge in [-0.25, -0.2) is 4.83 Å². The first-order valence-electron chi connectivity index (χ1n) is 6.89. The van der Waals surface area contributed by atoms with E-state index in [1.54, 1.807) is 0 Å². The Bertz CT molecular complexity index is 1020. The number of benzene rings is 2. The lowest BCUT2D eigenvalue weighted by atomic mass is 10.2. The first-order chi connectivity index (χ1) is 12.1. The molecule has 0 radical (unpaired) electrons. The van der Waals surface area contributed by atoms with Crippen LogP contribution < -0.4 is 4.83 Å². The van der Waals surface area contributed by atoms with E-state index in [9.17, 15) is 33.8 Å². The van der Waals surface area contributed by atoms with Crippen molar-refractivity contribution in [2.45, 2.75) is 11.8 Å². The van der Waals surface area contributed by atoms with Crippen LogP contribution in [0.1, 0.15) is 11.1 Å². The van der Waals surface area contributed by atoms with E-state index in [4.69, 9.17) is 0 Å².